The third kappa shape index (κ3) is 1.50. The maximum absolute atomic E-state index is 6.25. The summed E-state index contributed by atoms with van der Waals surface area (Å²) in [5.74, 6) is 2.05. The summed E-state index contributed by atoms with van der Waals surface area (Å²) >= 11 is 0. The van der Waals surface area contributed by atoms with Crippen molar-refractivity contribution in [1.82, 2.24) is 4.90 Å². The largest absolute Gasteiger partial charge is 0.490 e. The van der Waals surface area contributed by atoms with Crippen molar-refractivity contribution in [1.29, 1.82) is 0 Å². The quantitative estimate of drug-likeness (QED) is 0.764. The zero-order chi connectivity index (χ0) is 15.2. The van der Waals surface area contributed by atoms with Crippen molar-refractivity contribution in [3.8, 4) is 5.75 Å². The lowest BCUT2D eigenvalue weighted by molar-refractivity contribution is 0.118. The lowest BCUT2D eigenvalue weighted by atomic mass is 9.60. The van der Waals surface area contributed by atoms with Gasteiger partial charge in [0.15, 0.2) is 0 Å². The summed E-state index contributed by atoms with van der Waals surface area (Å²) in [6.45, 7) is 0. The van der Waals surface area contributed by atoms with Gasteiger partial charge in [0, 0.05) is 17.0 Å². The van der Waals surface area contributed by atoms with E-state index in [1.807, 2.05) is 0 Å². The van der Waals surface area contributed by atoms with Crippen LogP contribution in [0, 0.1) is 5.92 Å². The molecule has 1 heterocycles. The van der Waals surface area contributed by atoms with Crippen LogP contribution < -0.4 is 4.74 Å². The molecule has 2 bridgehead atoms. The summed E-state index contributed by atoms with van der Waals surface area (Å²) in [7, 11) is 2.38. The number of hydrogen-bond acceptors (Lipinski definition) is 2. The molecule has 1 saturated heterocycles. The number of likely N-dealkylation sites (N-methyl/N-ethyl adjacent to an activating group) is 1. The number of piperidine rings is 1. The highest BCUT2D eigenvalue weighted by molar-refractivity contribution is 5.52. The Morgan fingerprint density at radius 3 is 2.87 bits per heavy atom. The minimum absolute atomic E-state index is 0.488. The average Bonchev–Trinajstić information content (AvgIpc) is 2.95. The first-order valence-electron chi connectivity index (χ1n) is 9.76. The Morgan fingerprint density at radius 1 is 1.13 bits per heavy atom. The van der Waals surface area contributed by atoms with Crippen LogP contribution in [0.1, 0.15) is 62.5 Å². The van der Waals surface area contributed by atoms with Crippen LogP contribution in [-0.4, -0.2) is 29.6 Å². The highest BCUT2D eigenvalue weighted by atomic mass is 16.5. The second kappa shape index (κ2) is 4.14. The molecular weight excluding hydrogens is 282 g/mol. The van der Waals surface area contributed by atoms with Gasteiger partial charge in [-0.2, -0.15) is 0 Å². The Labute approximate surface area is 139 Å². The molecule has 0 N–H and O–H groups in total. The van der Waals surface area contributed by atoms with Gasteiger partial charge in [-0.15, -0.1) is 0 Å². The van der Waals surface area contributed by atoms with Crippen molar-refractivity contribution in [2.45, 2.75) is 80.9 Å². The summed E-state index contributed by atoms with van der Waals surface area (Å²) in [5.41, 5.74) is 4.33. The van der Waals surface area contributed by atoms with Gasteiger partial charge in [0.25, 0.3) is 0 Å². The number of rotatable bonds is 2. The molecular formula is C21H27NO. The molecule has 5 atom stereocenters. The Bertz CT molecular complexity index is 680. The molecule has 0 aromatic heterocycles. The first-order chi connectivity index (χ1) is 11.2. The smallest absolute Gasteiger partial charge is 0.120 e. The van der Waals surface area contributed by atoms with E-state index < -0.39 is 0 Å². The van der Waals surface area contributed by atoms with Crippen LogP contribution in [0.2, 0.25) is 0 Å². The molecule has 1 aromatic rings. The Balaban J connectivity index is 1.45. The third-order valence-electron chi connectivity index (χ3n) is 8.17. The van der Waals surface area contributed by atoms with Gasteiger partial charge in [0.2, 0.25) is 0 Å². The second-order valence-electron chi connectivity index (χ2n) is 9.01. The van der Waals surface area contributed by atoms with Crippen LogP contribution >= 0.6 is 0 Å². The van der Waals surface area contributed by atoms with Crippen LogP contribution in [-0.2, 0) is 11.8 Å². The van der Waals surface area contributed by atoms with Gasteiger partial charge in [-0.1, -0.05) is 18.9 Å². The third-order valence-corrected chi connectivity index (χ3v) is 8.17. The van der Waals surface area contributed by atoms with Gasteiger partial charge in [0.1, 0.15) is 5.75 Å². The van der Waals surface area contributed by atoms with Gasteiger partial charge < -0.3 is 4.74 Å². The predicted molar refractivity (Wildman–Crippen MR) is 90.9 cm³/mol. The number of benzene rings is 1. The van der Waals surface area contributed by atoms with E-state index in [1.54, 1.807) is 11.1 Å². The molecule has 2 unspecified atom stereocenters. The summed E-state index contributed by atoms with van der Waals surface area (Å²) in [6, 6.07) is 7.99. The maximum atomic E-state index is 6.25. The Hall–Kier alpha value is -1.02. The van der Waals surface area contributed by atoms with E-state index in [0.29, 0.717) is 17.1 Å². The molecule has 6 rings (SSSR count). The molecule has 5 aliphatic rings. The molecule has 1 aromatic carbocycles. The zero-order valence-corrected chi connectivity index (χ0v) is 14.2. The van der Waals surface area contributed by atoms with Crippen molar-refractivity contribution in [2.24, 2.45) is 5.92 Å². The Morgan fingerprint density at radius 2 is 2.04 bits per heavy atom. The average molecular weight is 309 g/mol. The summed E-state index contributed by atoms with van der Waals surface area (Å²) in [5, 5.41) is 0. The molecule has 3 saturated carbocycles. The van der Waals surface area contributed by atoms with Gasteiger partial charge in [-0.05, 0) is 81.2 Å². The fourth-order valence-electron chi connectivity index (χ4n) is 6.90. The minimum atomic E-state index is 0.488. The number of nitrogens with zero attached hydrogens (tertiary/aromatic N) is 1. The van der Waals surface area contributed by atoms with E-state index in [-0.39, 0.29) is 0 Å². The topological polar surface area (TPSA) is 12.2 Å². The van der Waals surface area contributed by atoms with E-state index in [1.165, 1.54) is 57.8 Å². The van der Waals surface area contributed by atoms with E-state index >= 15 is 0 Å². The molecule has 0 radical (unpaired) electrons. The number of ether oxygens (including phenoxy) is 1. The SMILES string of the molecule is CN1[C@@H]2[C@H]3CCCC[C@]34CC21Cc1ccc(OC2CCC2)cc14. The second-order valence-corrected chi connectivity index (χ2v) is 9.01. The van der Waals surface area contributed by atoms with Gasteiger partial charge in [-0.25, -0.2) is 0 Å². The van der Waals surface area contributed by atoms with E-state index in [9.17, 15) is 0 Å². The first-order valence-corrected chi connectivity index (χ1v) is 9.76. The van der Waals surface area contributed by atoms with Crippen molar-refractivity contribution >= 4 is 0 Å². The van der Waals surface area contributed by atoms with Crippen molar-refractivity contribution in [3.05, 3.63) is 29.3 Å². The fourth-order valence-corrected chi connectivity index (χ4v) is 6.90. The minimum Gasteiger partial charge on any atom is -0.490 e. The molecule has 0 amide bonds. The Kier molecular flexibility index (Phi) is 2.39. The molecule has 4 aliphatic carbocycles. The highest BCUT2D eigenvalue weighted by Crippen LogP contribution is 2.71. The molecule has 2 nitrogen and oxygen atoms in total. The monoisotopic (exact) mass is 309 g/mol. The first kappa shape index (κ1) is 13.3. The fraction of sp³-hybridized carbons (Fsp3) is 0.714. The standard InChI is InChI=1S/C21H27NO/c1-22-19-17-7-2-3-10-20(17)13-21(19,22)12-14-8-9-16(11-18(14)20)23-15-5-4-6-15/h8-9,11,15,17,19H,2-7,10,12-13H2,1H3/t17-,19-,20+,21?,22?/m1/s1. The van der Waals surface area contributed by atoms with Crippen LogP contribution in [0.5, 0.6) is 5.75 Å². The van der Waals surface area contributed by atoms with Gasteiger partial charge >= 0.3 is 0 Å². The number of hydrogen-bond donors (Lipinski definition) is 0. The molecule has 4 fully saturated rings. The maximum Gasteiger partial charge on any atom is 0.120 e. The summed E-state index contributed by atoms with van der Waals surface area (Å²) < 4.78 is 6.25. The van der Waals surface area contributed by atoms with Crippen molar-refractivity contribution in [3.63, 3.8) is 0 Å². The summed E-state index contributed by atoms with van der Waals surface area (Å²) in [4.78, 5) is 2.71. The van der Waals surface area contributed by atoms with Gasteiger partial charge in [-0.3, -0.25) is 4.90 Å². The highest BCUT2D eigenvalue weighted by Gasteiger charge is 2.76. The van der Waals surface area contributed by atoms with E-state index in [2.05, 4.69) is 30.1 Å². The van der Waals surface area contributed by atoms with Crippen molar-refractivity contribution < 1.29 is 4.74 Å². The van der Waals surface area contributed by atoms with Crippen LogP contribution in [0.4, 0.5) is 0 Å². The molecule has 122 valence electrons. The zero-order valence-electron chi connectivity index (χ0n) is 14.2. The predicted octanol–water partition coefficient (Wildman–Crippen LogP) is 4.06. The molecule has 2 heteroatoms. The van der Waals surface area contributed by atoms with E-state index in [0.717, 1.165) is 17.7 Å². The lowest BCUT2D eigenvalue weighted by Gasteiger charge is -2.47. The molecule has 2 spiro atoms. The van der Waals surface area contributed by atoms with E-state index in [4.69, 9.17) is 4.74 Å². The van der Waals surface area contributed by atoms with Gasteiger partial charge in [0.05, 0.1) is 6.10 Å². The number of likely N-dealkylation sites (tertiary alicyclic amines) is 1. The van der Waals surface area contributed by atoms with Crippen molar-refractivity contribution in [2.75, 3.05) is 7.05 Å². The van der Waals surface area contributed by atoms with Crippen LogP contribution in [0.3, 0.4) is 0 Å². The normalized spacial score (nSPS) is 46.4. The molecule has 23 heavy (non-hydrogen) atoms. The lowest BCUT2D eigenvalue weighted by Crippen LogP contribution is -2.44. The van der Waals surface area contributed by atoms with Crippen LogP contribution in [0.25, 0.3) is 0 Å². The number of fused-ring (bicyclic) bond motifs is 2. The van der Waals surface area contributed by atoms with Crippen LogP contribution in [0.15, 0.2) is 18.2 Å². The summed E-state index contributed by atoms with van der Waals surface area (Å²) in [6.07, 6.45) is 12.8. The molecule has 1 aliphatic heterocycles.